The van der Waals surface area contributed by atoms with Gasteiger partial charge in [0.25, 0.3) is 0 Å². The Kier molecular flexibility index (Phi) is 5.16. The molecule has 6 nitrogen and oxygen atoms in total. The quantitative estimate of drug-likeness (QED) is 0.867. The summed E-state index contributed by atoms with van der Waals surface area (Å²) in [4.78, 5) is 25.3. The number of benzene rings is 1. The SMILES string of the molecule is CNC(=O)C1CCC(O)CN1C(=O)OCc1ccccc1. The van der Waals surface area contributed by atoms with Gasteiger partial charge in [0.05, 0.1) is 12.6 Å². The van der Waals surface area contributed by atoms with Crippen molar-refractivity contribution in [1.29, 1.82) is 0 Å². The molecule has 1 aliphatic rings. The number of β-amino-alcohol motifs (C(OH)–C–C–N with tert-alkyl or cyclic N) is 1. The molecule has 1 heterocycles. The first kappa shape index (κ1) is 15.3. The zero-order valence-corrected chi connectivity index (χ0v) is 12.0. The molecule has 0 radical (unpaired) electrons. The van der Waals surface area contributed by atoms with Crippen LogP contribution < -0.4 is 5.32 Å². The number of nitrogens with one attached hydrogen (secondary N) is 1. The molecule has 2 unspecified atom stereocenters. The monoisotopic (exact) mass is 292 g/mol. The maximum atomic E-state index is 12.2. The minimum atomic E-state index is -0.616. The van der Waals surface area contributed by atoms with Crippen molar-refractivity contribution in [2.24, 2.45) is 0 Å². The van der Waals surface area contributed by atoms with Gasteiger partial charge in [-0.1, -0.05) is 30.3 Å². The van der Waals surface area contributed by atoms with E-state index in [2.05, 4.69) is 5.32 Å². The molecule has 21 heavy (non-hydrogen) atoms. The Morgan fingerprint density at radius 1 is 1.33 bits per heavy atom. The molecule has 1 fully saturated rings. The maximum absolute atomic E-state index is 12.2. The number of nitrogens with zero attached hydrogens (tertiary/aromatic N) is 1. The van der Waals surface area contributed by atoms with Crippen molar-refractivity contribution in [1.82, 2.24) is 10.2 Å². The van der Waals surface area contributed by atoms with E-state index in [0.717, 1.165) is 5.56 Å². The Hall–Kier alpha value is -2.08. The number of hydrogen-bond acceptors (Lipinski definition) is 4. The second kappa shape index (κ2) is 7.08. The van der Waals surface area contributed by atoms with Crippen LogP contribution in [-0.2, 0) is 16.1 Å². The predicted molar refractivity (Wildman–Crippen MR) is 76.4 cm³/mol. The van der Waals surface area contributed by atoms with Crippen molar-refractivity contribution in [3.05, 3.63) is 35.9 Å². The minimum Gasteiger partial charge on any atom is -0.445 e. The van der Waals surface area contributed by atoms with Crippen molar-refractivity contribution < 1.29 is 19.4 Å². The highest BCUT2D eigenvalue weighted by Gasteiger charge is 2.35. The van der Waals surface area contributed by atoms with E-state index in [9.17, 15) is 14.7 Å². The second-order valence-corrected chi connectivity index (χ2v) is 5.05. The fraction of sp³-hybridized carbons (Fsp3) is 0.467. The molecular formula is C15H20N2O4. The first-order valence-electron chi connectivity index (χ1n) is 6.98. The van der Waals surface area contributed by atoms with Crippen LogP contribution in [0.1, 0.15) is 18.4 Å². The van der Waals surface area contributed by atoms with Crippen LogP contribution in [0.4, 0.5) is 4.79 Å². The third kappa shape index (κ3) is 3.95. The minimum absolute atomic E-state index is 0.117. The first-order chi connectivity index (χ1) is 10.1. The molecule has 1 saturated heterocycles. The van der Waals surface area contributed by atoms with E-state index in [0.29, 0.717) is 12.8 Å². The zero-order valence-electron chi connectivity index (χ0n) is 12.0. The summed E-state index contributed by atoms with van der Waals surface area (Å²) in [5.74, 6) is -0.237. The molecule has 0 aliphatic carbocycles. The lowest BCUT2D eigenvalue weighted by Crippen LogP contribution is -2.54. The molecule has 2 atom stereocenters. The molecule has 0 aromatic heterocycles. The Morgan fingerprint density at radius 3 is 2.71 bits per heavy atom. The van der Waals surface area contributed by atoms with Gasteiger partial charge in [0, 0.05) is 7.05 Å². The van der Waals surface area contributed by atoms with Gasteiger partial charge < -0.3 is 15.2 Å². The van der Waals surface area contributed by atoms with Crippen molar-refractivity contribution in [3.63, 3.8) is 0 Å². The van der Waals surface area contributed by atoms with Gasteiger partial charge in [-0.25, -0.2) is 4.79 Å². The average Bonchev–Trinajstić information content (AvgIpc) is 2.52. The topological polar surface area (TPSA) is 78.9 Å². The molecule has 2 amide bonds. The van der Waals surface area contributed by atoms with Gasteiger partial charge in [-0.15, -0.1) is 0 Å². The molecular weight excluding hydrogens is 272 g/mol. The average molecular weight is 292 g/mol. The van der Waals surface area contributed by atoms with Crippen molar-refractivity contribution >= 4 is 12.0 Å². The number of likely N-dealkylation sites (N-methyl/N-ethyl adjacent to an activating group) is 1. The standard InChI is InChI=1S/C15H20N2O4/c1-16-14(19)13-8-7-12(18)9-17(13)15(20)21-10-11-5-3-2-4-6-11/h2-6,12-13,18H,7-10H2,1H3,(H,16,19). The summed E-state index contributed by atoms with van der Waals surface area (Å²) in [6.45, 7) is 0.262. The van der Waals surface area contributed by atoms with Crippen LogP contribution in [-0.4, -0.2) is 47.7 Å². The molecule has 0 bridgehead atoms. The van der Waals surface area contributed by atoms with Crippen LogP contribution in [0, 0.1) is 0 Å². The molecule has 2 N–H and O–H groups in total. The number of piperidine rings is 1. The predicted octanol–water partition coefficient (Wildman–Crippen LogP) is 0.894. The fourth-order valence-electron chi connectivity index (χ4n) is 2.39. The summed E-state index contributed by atoms with van der Waals surface area (Å²) in [6, 6.07) is 8.74. The lowest BCUT2D eigenvalue weighted by Gasteiger charge is -2.35. The summed E-state index contributed by atoms with van der Waals surface area (Å²) in [5, 5.41) is 12.2. The van der Waals surface area contributed by atoms with Gasteiger partial charge in [0.15, 0.2) is 0 Å². The third-order valence-corrected chi connectivity index (χ3v) is 3.55. The Bertz CT molecular complexity index is 492. The Morgan fingerprint density at radius 2 is 2.05 bits per heavy atom. The number of aliphatic hydroxyl groups is 1. The van der Waals surface area contributed by atoms with Gasteiger partial charge >= 0.3 is 6.09 Å². The number of hydrogen-bond donors (Lipinski definition) is 2. The smallest absolute Gasteiger partial charge is 0.410 e. The number of aliphatic hydroxyl groups excluding tert-OH is 1. The number of amides is 2. The van der Waals surface area contributed by atoms with E-state index in [4.69, 9.17) is 4.74 Å². The van der Waals surface area contributed by atoms with Crippen molar-refractivity contribution in [3.8, 4) is 0 Å². The van der Waals surface area contributed by atoms with Crippen LogP contribution in [0.5, 0.6) is 0 Å². The number of carbonyl (C=O) groups is 2. The molecule has 6 heteroatoms. The normalized spacial score (nSPS) is 21.7. The number of likely N-dealkylation sites (tertiary alicyclic amines) is 1. The highest BCUT2D eigenvalue weighted by Crippen LogP contribution is 2.19. The maximum Gasteiger partial charge on any atom is 0.410 e. The van der Waals surface area contributed by atoms with E-state index < -0.39 is 18.2 Å². The van der Waals surface area contributed by atoms with Gasteiger partial charge in [-0.3, -0.25) is 9.69 Å². The van der Waals surface area contributed by atoms with Gasteiger partial charge in [-0.05, 0) is 18.4 Å². The van der Waals surface area contributed by atoms with E-state index in [-0.39, 0.29) is 19.1 Å². The van der Waals surface area contributed by atoms with Crippen LogP contribution in [0.2, 0.25) is 0 Å². The number of carbonyl (C=O) groups excluding carboxylic acids is 2. The zero-order chi connectivity index (χ0) is 15.2. The van der Waals surface area contributed by atoms with Gasteiger partial charge in [0.1, 0.15) is 12.6 Å². The van der Waals surface area contributed by atoms with Crippen LogP contribution >= 0.6 is 0 Å². The largest absolute Gasteiger partial charge is 0.445 e. The van der Waals surface area contributed by atoms with Gasteiger partial charge in [-0.2, -0.15) is 0 Å². The van der Waals surface area contributed by atoms with Crippen molar-refractivity contribution in [2.75, 3.05) is 13.6 Å². The lowest BCUT2D eigenvalue weighted by atomic mass is 10.00. The molecule has 1 aromatic rings. The van der Waals surface area contributed by atoms with Crippen LogP contribution in [0.15, 0.2) is 30.3 Å². The van der Waals surface area contributed by atoms with E-state index >= 15 is 0 Å². The number of rotatable bonds is 3. The Balaban J connectivity index is 1.98. The van der Waals surface area contributed by atoms with Crippen LogP contribution in [0.25, 0.3) is 0 Å². The molecule has 114 valence electrons. The molecule has 1 aromatic carbocycles. The molecule has 1 aliphatic heterocycles. The van der Waals surface area contributed by atoms with E-state index in [1.54, 1.807) is 0 Å². The third-order valence-electron chi connectivity index (χ3n) is 3.55. The number of ether oxygens (including phenoxy) is 1. The van der Waals surface area contributed by atoms with E-state index in [1.807, 2.05) is 30.3 Å². The summed E-state index contributed by atoms with van der Waals surface area (Å²) in [5.41, 5.74) is 0.875. The summed E-state index contributed by atoms with van der Waals surface area (Å²) in [6.07, 6.45) is -0.261. The summed E-state index contributed by atoms with van der Waals surface area (Å²) in [7, 11) is 1.53. The molecule has 0 saturated carbocycles. The highest BCUT2D eigenvalue weighted by atomic mass is 16.6. The lowest BCUT2D eigenvalue weighted by molar-refractivity contribution is -0.127. The summed E-state index contributed by atoms with van der Waals surface area (Å²) >= 11 is 0. The summed E-state index contributed by atoms with van der Waals surface area (Å²) < 4.78 is 5.24. The van der Waals surface area contributed by atoms with E-state index in [1.165, 1.54) is 11.9 Å². The van der Waals surface area contributed by atoms with Gasteiger partial charge in [0.2, 0.25) is 5.91 Å². The Labute approximate surface area is 123 Å². The second-order valence-electron chi connectivity index (χ2n) is 5.05. The highest BCUT2D eigenvalue weighted by molar-refractivity contribution is 5.85. The molecule has 0 spiro atoms. The molecule has 2 rings (SSSR count). The van der Waals surface area contributed by atoms with Crippen molar-refractivity contribution in [2.45, 2.75) is 31.6 Å². The fourth-order valence-corrected chi connectivity index (χ4v) is 2.39. The first-order valence-corrected chi connectivity index (χ1v) is 6.98. The van der Waals surface area contributed by atoms with Crippen LogP contribution in [0.3, 0.4) is 0 Å².